The normalized spacial score (nSPS) is 10.4. The van der Waals surface area contributed by atoms with Gasteiger partial charge >= 0.3 is 5.97 Å². The molecule has 0 atom stereocenters. The van der Waals surface area contributed by atoms with E-state index in [9.17, 15) is 4.79 Å². The van der Waals surface area contributed by atoms with Crippen LogP contribution in [0.15, 0.2) is 86.0 Å². The number of benzene rings is 3. The molecule has 0 aliphatic rings. The molecular weight excluding hydrogens is 434 g/mol. The summed E-state index contributed by atoms with van der Waals surface area (Å²) in [4.78, 5) is 15.3. The largest absolute Gasteiger partial charge is 0.487 e. The van der Waals surface area contributed by atoms with Crippen LogP contribution in [0.25, 0.3) is 11.1 Å². The smallest absolute Gasteiger partial charge is 0.339 e. The zero-order valence-corrected chi connectivity index (χ0v) is 19.8. The van der Waals surface area contributed by atoms with Crippen molar-refractivity contribution < 1.29 is 14.3 Å². The highest BCUT2D eigenvalue weighted by Crippen LogP contribution is 2.43. The molecule has 0 fully saturated rings. The Bertz CT molecular complexity index is 1120. The molecule has 0 unspecified atom stereocenters. The van der Waals surface area contributed by atoms with Crippen LogP contribution in [0.1, 0.15) is 22.8 Å². The van der Waals surface area contributed by atoms with Crippen molar-refractivity contribution in [3.05, 3.63) is 102 Å². The maximum Gasteiger partial charge on any atom is 0.339 e. The minimum absolute atomic E-state index is 0.275. The molecule has 0 radical (unpaired) electrons. The lowest BCUT2D eigenvalue weighted by molar-refractivity contribution is 0.0526. The fraction of sp³-hybridized carbons (Fsp3) is 0.179. The minimum Gasteiger partial charge on any atom is -0.487 e. The second-order valence-electron chi connectivity index (χ2n) is 7.33. The second-order valence-corrected chi connectivity index (χ2v) is 7.77. The average molecular weight is 462 g/mol. The van der Waals surface area contributed by atoms with E-state index in [1.807, 2.05) is 61.5 Å². The first-order valence-corrected chi connectivity index (χ1v) is 11.2. The van der Waals surface area contributed by atoms with Crippen LogP contribution in [0.3, 0.4) is 0 Å². The van der Waals surface area contributed by atoms with Crippen LogP contribution in [0.4, 0.5) is 11.4 Å². The summed E-state index contributed by atoms with van der Waals surface area (Å²) in [6.45, 7) is 12.6. The number of rotatable bonds is 10. The predicted molar refractivity (Wildman–Crippen MR) is 137 cm³/mol. The van der Waals surface area contributed by atoms with Crippen LogP contribution < -0.4 is 9.64 Å². The molecular formula is C28H28ClNO3. The molecule has 5 heteroatoms. The molecule has 0 aliphatic carbocycles. The van der Waals surface area contributed by atoms with E-state index in [4.69, 9.17) is 21.1 Å². The first-order valence-electron chi connectivity index (χ1n) is 10.8. The van der Waals surface area contributed by atoms with Crippen LogP contribution in [0.5, 0.6) is 5.75 Å². The molecule has 3 rings (SSSR count). The Morgan fingerprint density at radius 1 is 1.06 bits per heavy atom. The number of anilines is 2. The molecule has 0 spiro atoms. The lowest BCUT2D eigenvalue weighted by Crippen LogP contribution is -2.21. The summed E-state index contributed by atoms with van der Waals surface area (Å²) in [6, 6.07) is 19.2. The highest BCUT2D eigenvalue weighted by atomic mass is 35.5. The molecule has 0 bridgehead atoms. The van der Waals surface area contributed by atoms with Crippen molar-refractivity contribution in [2.24, 2.45) is 0 Å². The molecule has 3 aromatic rings. The van der Waals surface area contributed by atoms with Crippen LogP contribution in [-0.4, -0.2) is 25.7 Å². The third-order valence-corrected chi connectivity index (χ3v) is 5.40. The maximum atomic E-state index is 13.2. The summed E-state index contributed by atoms with van der Waals surface area (Å²) in [5.41, 5.74) is 4.55. The molecule has 0 amide bonds. The van der Waals surface area contributed by atoms with Gasteiger partial charge in [-0.25, -0.2) is 4.79 Å². The zero-order chi connectivity index (χ0) is 23.8. The quantitative estimate of drug-likeness (QED) is 0.233. The van der Waals surface area contributed by atoms with Crippen molar-refractivity contribution in [1.82, 2.24) is 0 Å². The second kappa shape index (κ2) is 11.4. The van der Waals surface area contributed by atoms with Crippen molar-refractivity contribution in [3.8, 4) is 16.9 Å². The van der Waals surface area contributed by atoms with Crippen molar-refractivity contribution >= 4 is 28.9 Å². The summed E-state index contributed by atoms with van der Waals surface area (Å²) in [6.07, 6.45) is 3.52. The molecule has 0 saturated carbocycles. The van der Waals surface area contributed by atoms with Crippen LogP contribution in [0.2, 0.25) is 5.02 Å². The molecule has 0 aliphatic heterocycles. The summed E-state index contributed by atoms with van der Waals surface area (Å²) < 4.78 is 11.6. The van der Waals surface area contributed by atoms with Gasteiger partial charge < -0.3 is 14.4 Å². The van der Waals surface area contributed by atoms with Gasteiger partial charge in [-0.15, -0.1) is 6.58 Å². The Morgan fingerprint density at radius 3 is 2.36 bits per heavy atom. The van der Waals surface area contributed by atoms with Gasteiger partial charge in [-0.05, 0) is 55.3 Å². The summed E-state index contributed by atoms with van der Waals surface area (Å²) >= 11 is 6.11. The third-order valence-electron chi connectivity index (χ3n) is 5.15. The number of esters is 1. The van der Waals surface area contributed by atoms with E-state index in [1.165, 1.54) is 0 Å². The van der Waals surface area contributed by atoms with E-state index in [0.29, 0.717) is 29.5 Å². The van der Waals surface area contributed by atoms with Crippen molar-refractivity contribution in [3.63, 3.8) is 0 Å². The van der Waals surface area contributed by atoms with Gasteiger partial charge in [-0.1, -0.05) is 60.7 Å². The van der Waals surface area contributed by atoms with Gasteiger partial charge in [0.15, 0.2) is 0 Å². The van der Waals surface area contributed by atoms with Crippen LogP contribution in [-0.2, 0) is 4.74 Å². The topological polar surface area (TPSA) is 38.8 Å². The molecule has 3 aromatic carbocycles. The zero-order valence-electron chi connectivity index (χ0n) is 19.0. The van der Waals surface area contributed by atoms with Crippen molar-refractivity contribution in [1.29, 1.82) is 0 Å². The molecule has 4 nitrogen and oxygen atoms in total. The number of para-hydroxylation sites is 1. The van der Waals surface area contributed by atoms with E-state index >= 15 is 0 Å². The minimum atomic E-state index is -0.386. The Labute approximate surface area is 200 Å². The maximum absolute atomic E-state index is 13.2. The first kappa shape index (κ1) is 24.1. The Hall–Kier alpha value is -3.50. The number of hydrogen-bond donors (Lipinski definition) is 0. The van der Waals surface area contributed by atoms with Crippen molar-refractivity contribution in [2.75, 3.05) is 24.7 Å². The molecule has 0 aromatic heterocycles. The number of carbonyl (C=O) groups is 1. The molecule has 0 heterocycles. The van der Waals surface area contributed by atoms with Gasteiger partial charge in [0.05, 0.1) is 17.9 Å². The van der Waals surface area contributed by atoms with Crippen molar-refractivity contribution in [2.45, 2.75) is 13.8 Å². The van der Waals surface area contributed by atoms with Gasteiger partial charge in [-0.3, -0.25) is 0 Å². The Balaban J connectivity index is 2.34. The SMILES string of the molecule is C=CCOc1cc(-c2ccc(Cl)cc2)c(C(=O)OCC)c(C)c1N(CC=C)c1ccccc1. The first-order chi connectivity index (χ1) is 16.0. The van der Waals surface area contributed by atoms with Crippen LogP contribution >= 0.6 is 11.6 Å². The van der Waals surface area contributed by atoms with Crippen LogP contribution in [0, 0.1) is 6.92 Å². The average Bonchev–Trinajstić information content (AvgIpc) is 2.82. The summed E-state index contributed by atoms with van der Waals surface area (Å²) in [7, 11) is 0. The lowest BCUT2D eigenvalue weighted by atomic mass is 9.93. The monoisotopic (exact) mass is 461 g/mol. The number of halogens is 1. The van der Waals surface area contributed by atoms with E-state index in [0.717, 1.165) is 28.1 Å². The van der Waals surface area contributed by atoms with Gasteiger partial charge in [-0.2, -0.15) is 0 Å². The number of nitrogens with zero attached hydrogens (tertiary/aromatic N) is 1. The van der Waals surface area contributed by atoms with Gasteiger partial charge in [0.1, 0.15) is 12.4 Å². The molecule has 0 N–H and O–H groups in total. The van der Waals surface area contributed by atoms with Gasteiger partial charge in [0.25, 0.3) is 0 Å². The predicted octanol–water partition coefficient (Wildman–Crippen LogP) is 7.38. The fourth-order valence-electron chi connectivity index (χ4n) is 3.76. The lowest BCUT2D eigenvalue weighted by Gasteiger charge is -2.29. The summed E-state index contributed by atoms with van der Waals surface area (Å²) in [5, 5.41) is 0.620. The number of carbonyl (C=O) groups excluding carboxylic acids is 1. The van der Waals surface area contributed by atoms with E-state index in [1.54, 1.807) is 25.1 Å². The standard InChI is InChI=1S/C28H28ClNO3/c1-5-17-30(23-11-9-8-10-12-23)27-20(4)26(28(31)32-7-3)24(19-25(27)33-18-6-2)21-13-15-22(29)16-14-21/h5-6,8-16,19H,1-2,7,17-18H2,3-4H3. The molecule has 33 heavy (non-hydrogen) atoms. The van der Waals surface area contributed by atoms with Gasteiger partial charge in [0, 0.05) is 22.8 Å². The fourth-order valence-corrected chi connectivity index (χ4v) is 3.88. The highest BCUT2D eigenvalue weighted by molar-refractivity contribution is 6.30. The van der Waals surface area contributed by atoms with E-state index in [2.05, 4.69) is 18.1 Å². The third kappa shape index (κ3) is 5.47. The molecule has 0 saturated heterocycles. The van der Waals surface area contributed by atoms with E-state index < -0.39 is 0 Å². The highest BCUT2D eigenvalue weighted by Gasteiger charge is 2.26. The number of ether oxygens (including phenoxy) is 2. The molecule has 170 valence electrons. The summed E-state index contributed by atoms with van der Waals surface area (Å²) in [5.74, 6) is 0.249. The Morgan fingerprint density at radius 2 is 1.76 bits per heavy atom. The number of hydrogen-bond acceptors (Lipinski definition) is 4. The van der Waals surface area contributed by atoms with Gasteiger partial charge in [0.2, 0.25) is 0 Å². The van der Waals surface area contributed by atoms with E-state index in [-0.39, 0.29) is 12.6 Å². The Kier molecular flexibility index (Phi) is 8.34.